The Hall–Kier alpha value is -1.85. The highest BCUT2D eigenvalue weighted by Crippen LogP contribution is 2.09. The first kappa shape index (κ1) is 15.5. The van der Waals surface area contributed by atoms with Crippen LogP contribution in [0.3, 0.4) is 0 Å². The van der Waals surface area contributed by atoms with E-state index in [4.69, 9.17) is 11.6 Å². The predicted octanol–water partition coefficient (Wildman–Crippen LogP) is 2.95. The molecule has 2 N–H and O–H groups in total. The van der Waals surface area contributed by atoms with Crippen LogP contribution in [-0.2, 0) is 0 Å². The Kier molecular flexibility index (Phi) is 5.78. The molecule has 0 fully saturated rings. The topological polar surface area (TPSA) is 58.2 Å². The van der Waals surface area contributed by atoms with E-state index in [2.05, 4.69) is 10.6 Å². The minimum atomic E-state index is -0.142. The number of thiophene rings is 1. The van der Waals surface area contributed by atoms with Gasteiger partial charge in [0.05, 0.1) is 4.88 Å². The van der Waals surface area contributed by atoms with Crippen LogP contribution >= 0.6 is 22.9 Å². The zero-order valence-electron chi connectivity index (χ0n) is 11.3. The lowest BCUT2D eigenvalue weighted by Gasteiger charge is -2.06. The first-order valence-electron chi connectivity index (χ1n) is 6.52. The first-order valence-corrected chi connectivity index (χ1v) is 7.78. The summed E-state index contributed by atoms with van der Waals surface area (Å²) in [5.74, 6) is -0.217. The Bertz CT molecular complexity index is 597. The molecule has 0 saturated carbocycles. The first-order chi connectivity index (χ1) is 10.2. The van der Waals surface area contributed by atoms with Crippen LogP contribution in [0.4, 0.5) is 0 Å². The quantitative estimate of drug-likeness (QED) is 0.803. The van der Waals surface area contributed by atoms with Gasteiger partial charge in [0.1, 0.15) is 0 Å². The van der Waals surface area contributed by atoms with E-state index in [0.29, 0.717) is 35.0 Å². The van der Waals surface area contributed by atoms with E-state index < -0.39 is 0 Å². The van der Waals surface area contributed by atoms with Gasteiger partial charge < -0.3 is 10.6 Å². The van der Waals surface area contributed by atoms with Crippen molar-refractivity contribution >= 4 is 34.8 Å². The van der Waals surface area contributed by atoms with Crippen LogP contribution in [0.2, 0.25) is 5.02 Å². The highest BCUT2D eigenvalue weighted by Gasteiger charge is 2.06. The van der Waals surface area contributed by atoms with Crippen molar-refractivity contribution in [3.63, 3.8) is 0 Å². The predicted molar refractivity (Wildman–Crippen MR) is 85.1 cm³/mol. The summed E-state index contributed by atoms with van der Waals surface area (Å²) < 4.78 is 0. The largest absolute Gasteiger partial charge is 0.352 e. The molecule has 0 atom stereocenters. The van der Waals surface area contributed by atoms with Crippen molar-refractivity contribution in [2.45, 2.75) is 6.42 Å². The fourth-order valence-corrected chi connectivity index (χ4v) is 2.46. The molecule has 6 heteroatoms. The molecule has 0 bridgehead atoms. The summed E-state index contributed by atoms with van der Waals surface area (Å²) in [6.45, 7) is 1.03. The van der Waals surface area contributed by atoms with Crippen LogP contribution in [0.5, 0.6) is 0 Å². The van der Waals surface area contributed by atoms with E-state index >= 15 is 0 Å². The number of hydrogen-bond donors (Lipinski definition) is 2. The lowest BCUT2D eigenvalue weighted by molar-refractivity contribution is 0.0953. The number of benzene rings is 1. The smallest absolute Gasteiger partial charge is 0.261 e. The molecule has 0 spiro atoms. The van der Waals surface area contributed by atoms with Crippen molar-refractivity contribution in [1.29, 1.82) is 0 Å². The summed E-state index contributed by atoms with van der Waals surface area (Å²) in [5.41, 5.74) is 0.571. The minimum Gasteiger partial charge on any atom is -0.352 e. The van der Waals surface area contributed by atoms with Crippen molar-refractivity contribution in [3.05, 3.63) is 57.2 Å². The molecule has 0 radical (unpaired) electrons. The Morgan fingerprint density at radius 2 is 1.67 bits per heavy atom. The number of halogens is 1. The fourth-order valence-electron chi connectivity index (χ4n) is 1.69. The Labute approximate surface area is 132 Å². The second-order valence-corrected chi connectivity index (χ2v) is 5.73. The molecule has 1 aromatic heterocycles. The number of rotatable bonds is 6. The number of hydrogen-bond acceptors (Lipinski definition) is 3. The van der Waals surface area contributed by atoms with Crippen LogP contribution in [0, 0.1) is 0 Å². The zero-order valence-corrected chi connectivity index (χ0v) is 12.8. The molecule has 2 aromatic rings. The molecule has 0 saturated heterocycles. The summed E-state index contributed by atoms with van der Waals surface area (Å²) in [4.78, 5) is 24.2. The van der Waals surface area contributed by atoms with Crippen molar-refractivity contribution in [2.24, 2.45) is 0 Å². The van der Waals surface area contributed by atoms with Gasteiger partial charge in [-0.1, -0.05) is 17.7 Å². The second kappa shape index (κ2) is 7.81. The van der Waals surface area contributed by atoms with Crippen molar-refractivity contribution in [2.75, 3.05) is 13.1 Å². The van der Waals surface area contributed by atoms with Crippen LogP contribution in [-0.4, -0.2) is 24.9 Å². The van der Waals surface area contributed by atoms with E-state index in [0.717, 1.165) is 0 Å². The molecule has 0 unspecified atom stereocenters. The zero-order chi connectivity index (χ0) is 15.1. The maximum absolute atomic E-state index is 11.8. The van der Waals surface area contributed by atoms with Gasteiger partial charge >= 0.3 is 0 Å². The highest BCUT2D eigenvalue weighted by molar-refractivity contribution is 7.12. The number of carbonyl (C=O) groups is 2. The minimum absolute atomic E-state index is 0.0750. The van der Waals surface area contributed by atoms with E-state index in [1.165, 1.54) is 11.3 Å². The maximum atomic E-state index is 11.8. The molecule has 2 amide bonds. The molecule has 0 aliphatic rings. The Morgan fingerprint density at radius 3 is 2.29 bits per heavy atom. The average Bonchev–Trinajstić information content (AvgIpc) is 3.01. The lowest BCUT2D eigenvalue weighted by Crippen LogP contribution is -2.29. The third kappa shape index (κ3) is 4.88. The molecule has 21 heavy (non-hydrogen) atoms. The summed E-state index contributed by atoms with van der Waals surface area (Å²) >= 11 is 7.17. The normalized spacial score (nSPS) is 10.1. The number of nitrogens with one attached hydrogen (secondary N) is 2. The molecule has 4 nitrogen and oxygen atoms in total. The molecule has 1 heterocycles. The van der Waals surface area contributed by atoms with Gasteiger partial charge in [-0.25, -0.2) is 0 Å². The lowest BCUT2D eigenvalue weighted by atomic mass is 10.2. The summed E-state index contributed by atoms with van der Waals surface area (Å²) in [6, 6.07) is 10.3. The van der Waals surface area contributed by atoms with Gasteiger partial charge in [0.25, 0.3) is 11.8 Å². The molecular weight excluding hydrogens is 308 g/mol. The van der Waals surface area contributed by atoms with E-state index in [1.54, 1.807) is 30.3 Å². The van der Waals surface area contributed by atoms with Gasteiger partial charge in [0.15, 0.2) is 0 Å². The van der Waals surface area contributed by atoms with Gasteiger partial charge in [-0.05, 0) is 42.1 Å². The second-order valence-electron chi connectivity index (χ2n) is 4.35. The van der Waals surface area contributed by atoms with Crippen molar-refractivity contribution in [1.82, 2.24) is 10.6 Å². The molecule has 0 aliphatic heterocycles. The van der Waals surface area contributed by atoms with Crippen molar-refractivity contribution < 1.29 is 9.59 Å². The van der Waals surface area contributed by atoms with E-state index in [9.17, 15) is 9.59 Å². The maximum Gasteiger partial charge on any atom is 0.261 e. The highest BCUT2D eigenvalue weighted by atomic mass is 35.5. The third-order valence-electron chi connectivity index (χ3n) is 2.78. The van der Waals surface area contributed by atoms with Crippen LogP contribution < -0.4 is 10.6 Å². The summed E-state index contributed by atoms with van der Waals surface area (Å²) in [6.07, 6.45) is 0.677. The average molecular weight is 323 g/mol. The Morgan fingerprint density at radius 1 is 1.00 bits per heavy atom. The van der Waals surface area contributed by atoms with Gasteiger partial charge in [0, 0.05) is 23.7 Å². The summed E-state index contributed by atoms with van der Waals surface area (Å²) in [7, 11) is 0. The molecular formula is C15H15ClN2O2S. The van der Waals surface area contributed by atoms with Gasteiger partial charge in [-0.2, -0.15) is 0 Å². The van der Waals surface area contributed by atoms with Crippen molar-refractivity contribution in [3.8, 4) is 0 Å². The van der Waals surface area contributed by atoms with Crippen LogP contribution in [0.15, 0.2) is 41.8 Å². The van der Waals surface area contributed by atoms with Gasteiger partial charge in [-0.3, -0.25) is 9.59 Å². The third-order valence-corrected chi connectivity index (χ3v) is 3.90. The standard InChI is InChI=1S/C15H15ClN2O2S/c16-12-6-4-11(5-7-12)14(19)17-8-2-9-18-15(20)13-3-1-10-21-13/h1,3-7,10H,2,8-9H2,(H,17,19)(H,18,20). The fraction of sp³-hybridized carbons (Fsp3) is 0.200. The molecule has 0 aliphatic carbocycles. The number of amides is 2. The van der Waals surface area contributed by atoms with Crippen LogP contribution in [0.1, 0.15) is 26.5 Å². The van der Waals surface area contributed by atoms with E-state index in [1.807, 2.05) is 11.4 Å². The number of carbonyl (C=O) groups excluding carboxylic acids is 2. The van der Waals surface area contributed by atoms with Crippen LogP contribution in [0.25, 0.3) is 0 Å². The summed E-state index contributed by atoms with van der Waals surface area (Å²) in [5, 5.41) is 8.07. The SMILES string of the molecule is O=C(NCCCNC(=O)c1cccs1)c1ccc(Cl)cc1. The monoisotopic (exact) mass is 322 g/mol. The molecule has 110 valence electrons. The molecule has 1 aromatic carbocycles. The molecule has 2 rings (SSSR count). The van der Waals surface area contributed by atoms with Gasteiger partial charge in [-0.15, -0.1) is 11.3 Å². The Balaban J connectivity index is 1.64. The van der Waals surface area contributed by atoms with Gasteiger partial charge in [0.2, 0.25) is 0 Å². The van der Waals surface area contributed by atoms with E-state index in [-0.39, 0.29) is 11.8 Å².